The third-order valence-electron chi connectivity index (χ3n) is 2.73. The van der Waals surface area contributed by atoms with E-state index in [1.165, 1.54) is 5.69 Å². The zero-order valence-corrected chi connectivity index (χ0v) is 10.0. The Morgan fingerprint density at radius 1 is 1.40 bits per heavy atom. The molecule has 1 aromatic heterocycles. The first-order valence-corrected chi connectivity index (χ1v) is 5.67. The van der Waals surface area contributed by atoms with Gasteiger partial charge in [0.05, 0.1) is 5.69 Å². The maximum Gasteiger partial charge on any atom is 0.0518 e. The summed E-state index contributed by atoms with van der Waals surface area (Å²) < 4.78 is 1.91. The Hall–Kier alpha value is -0.870. The molecule has 0 atom stereocenters. The fraction of sp³-hybridized carbons (Fsp3) is 0.727. The van der Waals surface area contributed by atoms with Crippen molar-refractivity contribution in [2.24, 2.45) is 7.05 Å². The maximum absolute atomic E-state index is 4.13. The normalized spacial score (nSPS) is 11.2. The van der Waals surface area contributed by atoms with Gasteiger partial charge in [-0.25, -0.2) is 0 Å². The van der Waals surface area contributed by atoms with E-state index < -0.39 is 0 Å². The molecule has 4 heteroatoms. The summed E-state index contributed by atoms with van der Waals surface area (Å²) in [7, 11) is 1.97. The zero-order valence-electron chi connectivity index (χ0n) is 10.0. The molecule has 0 bridgehead atoms. The second-order valence-corrected chi connectivity index (χ2v) is 3.65. The fourth-order valence-corrected chi connectivity index (χ4v) is 1.57. The van der Waals surface area contributed by atoms with Gasteiger partial charge in [0.1, 0.15) is 0 Å². The van der Waals surface area contributed by atoms with E-state index in [4.69, 9.17) is 0 Å². The van der Waals surface area contributed by atoms with Crippen molar-refractivity contribution >= 4 is 0 Å². The van der Waals surface area contributed by atoms with Crippen molar-refractivity contribution in [1.82, 2.24) is 20.0 Å². The number of likely N-dealkylation sites (N-methyl/N-ethyl adjacent to an activating group) is 1. The summed E-state index contributed by atoms with van der Waals surface area (Å²) >= 11 is 0. The molecule has 0 saturated carbocycles. The lowest BCUT2D eigenvalue weighted by Crippen LogP contribution is -2.31. The Bertz CT molecular complexity index is 265. The van der Waals surface area contributed by atoms with E-state index in [1.54, 1.807) is 0 Å². The van der Waals surface area contributed by atoms with Gasteiger partial charge in [0.25, 0.3) is 0 Å². The van der Waals surface area contributed by atoms with Gasteiger partial charge in [-0.2, -0.15) is 5.10 Å². The monoisotopic (exact) mass is 210 g/mol. The molecular formula is C11H22N4. The molecule has 15 heavy (non-hydrogen) atoms. The van der Waals surface area contributed by atoms with E-state index in [1.807, 2.05) is 24.0 Å². The predicted molar refractivity (Wildman–Crippen MR) is 62.7 cm³/mol. The zero-order chi connectivity index (χ0) is 11.1. The van der Waals surface area contributed by atoms with Crippen molar-refractivity contribution in [3.05, 3.63) is 18.0 Å². The standard InChI is InChI=1S/C11H22N4/c1-4-15(5-2)9-8-12-10-11-6-7-13-14(11)3/h6-7,12H,4-5,8-10H2,1-3H3. The first-order chi connectivity index (χ1) is 7.27. The molecule has 0 unspecified atom stereocenters. The van der Waals surface area contributed by atoms with Crippen LogP contribution in [-0.4, -0.2) is 40.9 Å². The lowest BCUT2D eigenvalue weighted by Gasteiger charge is -2.17. The molecule has 0 fully saturated rings. The second-order valence-electron chi connectivity index (χ2n) is 3.65. The van der Waals surface area contributed by atoms with Gasteiger partial charge in [-0.3, -0.25) is 4.68 Å². The number of nitrogens with zero attached hydrogens (tertiary/aromatic N) is 3. The summed E-state index contributed by atoms with van der Waals surface area (Å²) in [6, 6.07) is 2.05. The van der Waals surface area contributed by atoms with Gasteiger partial charge in [-0.15, -0.1) is 0 Å². The van der Waals surface area contributed by atoms with Gasteiger partial charge < -0.3 is 10.2 Å². The number of hydrogen-bond acceptors (Lipinski definition) is 3. The molecule has 0 radical (unpaired) electrons. The molecule has 0 amide bonds. The van der Waals surface area contributed by atoms with Crippen molar-refractivity contribution in [1.29, 1.82) is 0 Å². The van der Waals surface area contributed by atoms with Gasteiger partial charge in [-0.05, 0) is 19.2 Å². The third-order valence-corrected chi connectivity index (χ3v) is 2.73. The quantitative estimate of drug-likeness (QED) is 0.677. The largest absolute Gasteiger partial charge is 0.310 e. The van der Waals surface area contributed by atoms with Crippen LogP contribution in [0.3, 0.4) is 0 Å². The molecule has 1 rings (SSSR count). The number of aryl methyl sites for hydroxylation is 1. The molecule has 4 nitrogen and oxygen atoms in total. The number of nitrogens with one attached hydrogen (secondary N) is 1. The van der Waals surface area contributed by atoms with Crippen molar-refractivity contribution in [3.63, 3.8) is 0 Å². The van der Waals surface area contributed by atoms with Crippen LogP contribution in [0.1, 0.15) is 19.5 Å². The Balaban J connectivity index is 2.14. The minimum atomic E-state index is 0.901. The highest BCUT2D eigenvalue weighted by molar-refractivity contribution is 4.98. The molecule has 1 N–H and O–H groups in total. The van der Waals surface area contributed by atoms with E-state index in [9.17, 15) is 0 Å². The highest BCUT2D eigenvalue weighted by atomic mass is 15.3. The van der Waals surface area contributed by atoms with Crippen LogP contribution in [0.15, 0.2) is 12.3 Å². The topological polar surface area (TPSA) is 33.1 Å². The van der Waals surface area contributed by atoms with E-state index in [0.29, 0.717) is 0 Å². The van der Waals surface area contributed by atoms with Crippen LogP contribution in [0, 0.1) is 0 Å². The summed E-state index contributed by atoms with van der Waals surface area (Å²) in [6.07, 6.45) is 1.83. The van der Waals surface area contributed by atoms with Crippen LogP contribution in [0.4, 0.5) is 0 Å². The van der Waals surface area contributed by atoms with Crippen molar-refractivity contribution in [2.45, 2.75) is 20.4 Å². The fourth-order valence-electron chi connectivity index (χ4n) is 1.57. The molecule has 0 aliphatic heterocycles. The van der Waals surface area contributed by atoms with Crippen molar-refractivity contribution in [2.75, 3.05) is 26.2 Å². The lowest BCUT2D eigenvalue weighted by molar-refractivity contribution is 0.301. The molecule has 1 aromatic rings. The van der Waals surface area contributed by atoms with E-state index >= 15 is 0 Å². The number of aromatic nitrogens is 2. The highest BCUT2D eigenvalue weighted by Gasteiger charge is 1.99. The second kappa shape index (κ2) is 6.58. The Morgan fingerprint density at radius 3 is 2.67 bits per heavy atom. The molecule has 0 saturated heterocycles. The van der Waals surface area contributed by atoms with Crippen LogP contribution in [-0.2, 0) is 13.6 Å². The van der Waals surface area contributed by atoms with Crippen LogP contribution < -0.4 is 5.32 Å². The summed E-state index contributed by atoms with van der Waals surface area (Å²) in [5.41, 5.74) is 1.23. The van der Waals surface area contributed by atoms with Gasteiger partial charge in [0, 0.05) is 32.9 Å². The molecule has 86 valence electrons. The van der Waals surface area contributed by atoms with Crippen molar-refractivity contribution < 1.29 is 0 Å². The molecule has 0 aliphatic rings. The lowest BCUT2D eigenvalue weighted by atomic mass is 10.4. The molecule has 0 aromatic carbocycles. The highest BCUT2D eigenvalue weighted by Crippen LogP contribution is 1.94. The maximum atomic E-state index is 4.13. The number of hydrogen-bond donors (Lipinski definition) is 1. The van der Waals surface area contributed by atoms with Crippen LogP contribution in [0.2, 0.25) is 0 Å². The summed E-state index contributed by atoms with van der Waals surface area (Å²) in [6.45, 7) is 9.71. The average molecular weight is 210 g/mol. The van der Waals surface area contributed by atoms with E-state index in [-0.39, 0.29) is 0 Å². The van der Waals surface area contributed by atoms with Gasteiger partial charge >= 0.3 is 0 Å². The van der Waals surface area contributed by atoms with Crippen molar-refractivity contribution in [3.8, 4) is 0 Å². The number of rotatable bonds is 7. The SMILES string of the molecule is CCN(CC)CCNCc1ccnn1C. The van der Waals surface area contributed by atoms with E-state index in [2.05, 4.69) is 29.2 Å². The minimum absolute atomic E-state index is 0.901. The first-order valence-electron chi connectivity index (χ1n) is 5.67. The predicted octanol–water partition coefficient (Wildman–Crippen LogP) is 0.851. The molecule has 0 spiro atoms. The van der Waals surface area contributed by atoms with Crippen LogP contribution in [0.5, 0.6) is 0 Å². The van der Waals surface area contributed by atoms with Gasteiger partial charge in [0.15, 0.2) is 0 Å². The smallest absolute Gasteiger partial charge is 0.0518 e. The van der Waals surface area contributed by atoms with Crippen LogP contribution >= 0.6 is 0 Å². The Kier molecular flexibility index (Phi) is 5.36. The Morgan fingerprint density at radius 2 is 2.13 bits per heavy atom. The van der Waals surface area contributed by atoms with Gasteiger partial charge in [0.2, 0.25) is 0 Å². The third kappa shape index (κ3) is 4.01. The minimum Gasteiger partial charge on any atom is -0.310 e. The summed E-state index contributed by atoms with van der Waals surface area (Å²) in [4.78, 5) is 2.41. The average Bonchev–Trinajstić information content (AvgIpc) is 2.65. The first kappa shape index (κ1) is 12.2. The summed E-state index contributed by atoms with van der Waals surface area (Å²) in [5.74, 6) is 0. The molecular weight excluding hydrogens is 188 g/mol. The molecule has 1 heterocycles. The summed E-state index contributed by atoms with van der Waals surface area (Å²) in [5, 5.41) is 7.55. The molecule has 0 aliphatic carbocycles. The van der Waals surface area contributed by atoms with Crippen LogP contribution in [0.25, 0.3) is 0 Å². The Labute approximate surface area is 92.3 Å². The van der Waals surface area contributed by atoms with Gasteiger partial charge in [-0.1, -0.05) is 13.8 Å². The van der Waals surface area contributed by atoms with E-state index in [0.717, 1.165) is 32.7 Å².